The first kappa shape index (κ1) is 11.6. The maximum atomic E-state index is 10.8. The van der Waals surface area contributed by atoms with E-state index in [1.165, 1.54) is 0 Å². The van der Waals surface area contributed by atoms with E-state index >= 15 is 0 Å². The first-order valence-electron chi connectivity index (χ1n) is 5.39. The maximum absolute atomic E-state index is 10.8. The highest BCUT2D eigenvalue weighted by Gasteiger charge is 2.16. The van der Waals surface area contributed by atoms with Crippen LogP contribution in [0.15, 0.2) is 22.7 Å². The predicted molar refractivity (Wildman–Crippen MR) is 69.2 cm³/mol. The fraction of sp³-hybridized carbons (Fsp3) is 0.417. The van der Waals surface area contributed by atoms with Crippen molar-refractivity contribution < 1.29 is 4.79 Å². The molecule has 1 aliphatic heterocycles. The molecule has 0 aromatic heterocycles. The number of benzene rings is 1. The number of rotatable bonds is 2. The van der Waals surface area contributed by atoms with Crippen LogP contribution in [0.5, 0.6) is 0 Å². The lowest BCUT2D eigenvalue weighted by atomic mass is 10.2. The van der Waals surface area contributed by atoms with E-state index in [0.29, 0.717) is 0 Å². The number of anilines is 1. The minimum atomic E-state index is 0.733. The van der Waals surface area contributed by atoms with Crippen molar-refractivity contribution in [3.63, 3.8) is 0 Å². The Labute approximate surface area is 104 Å². The van der Waals surface area contributed by atoms with Crippen LogP contribution < -0.4 is 4.90 Å². The number of likely N-dealkylation sites (N-methyl/N-ethyl adjacent to an activating group) is 1. The van der Waals surface area contributed by atoms with Crippen LogP contribution in [0.4, 0.5) is 5.69 Å². The summed E-state index contributed by atoms with van der Waals surface area (Å²) in [6, 6.07) is 5.72. The second-order valence-corrected chi connectivity index (χ2v) is 4.97. The van der Waals surface area contributed by atoms with Crippen LogP contribution in [-0.4, -0.2) is 44.4 Å². The molecule has 3 nitrogen and oxygen atoms in total. The first-order valence-corrected chi connectivity index (χ1v) is 6.18. The lowest BCUT2D eigenvalue weighted by molar-refractivity contribution is 0.112. The van der Waals surface area contributed by atoms with Crippen molar-refractivity contribution in [3.8, 4) is 0 Å². The van der Waals surface area contributed by atoms with Gasteiger partial charge in [-0.2, -0.15) is 0 Å². The van der Waals surface area contributed by atoms with Crippen LogP contribution in [0.1, 0.15) is 10.4 Å². The molecule has 1 aromatic carbocycles. The summed E-state index contributed by atoms with van der Waals surface area (Å²) in [5, 5.41) is 0. The van der Waals surface area contributed by atoms with E-state index in [2.05, 4.69) is 32.8 Å². The molecule has 0 radical (unpaired) electrons. The van der Waals surface area contributed by atoms with E-state index in [9.17, 15) is 4.79 Å². The highest BCUT2D eigenvalue weighted by molar-refractivity contribution is 9.10. The van der Waals surface area contributed by atoms with Gasteiger partial charge in [-0.1, -0.05) is 6.07 Å². The largest absolute Gasteiger partial charge is 0.368 e. The number of hydrogen-bond donors (Lipinski definition) is 0. The predicted octanol–water partition coefficient (Wildman–Crippen LogP) is 2.01. The summed E-state index contributed by atoms with van der Waals surface area (Å²) in [5.74, 6) is 0. The van der Waals surface area contributed by atoms with Crippen molar-refractivity contribution in [1.29, 1.82) is 0 Å². The molecule has 0 bridgehead atoms. The molecule has 0 aliphatic carbocycles. The summed E-state index contributed by atoms with van der Waals surface area (Å²) in [5.41, 5.74) is 1.86. The van der Waals surface area contributed by atoms with E-state index in [-0.39, 0.29) is 0 Å². The zero-order valence-electron chi connectivity index (χ0n) is 9.32. The normalized spacial score (nSPS) is 17.5. The van der Waals surface area contributed by atoms with Crippen LogP contribution in [0, 0.1) is 0 Å². The van der Waals surface area contributed by atoms with Gasteiger partial charge in [0, 0.05) is 36.2 Å². The standard InChI is InChI=1S/C12H15BrN2O/c1-14-4-6-15(7-5-14)12-8-10(9-16)2-3-11(12)13/h2-3,8-9H,4-7H2,1H3. The molecule has 0 unspecified atom stereocenters. The average Bonchev–Trinajstić information content (AvgIpc) is 2.31. The summed E-state index contributed by atoms with van der Waals surface area (Å²) < 4.78 is 1.06. The summed E-state index contributed by atoms with van der Waals surface area (Å²) in [7, 11) is 2.13. The first-order chi connectivity index (χ1) is 7.70. The number of halogens is 1. The van der Waals surface area contributed by atoms with Gasteiger partial charge in [0.25, 0.3) is 0 Å². The average molecular weight is 283 g/mol. The molecule has 1 aliphatic rings. The van der Waals surface area contributed by atoms with E-state index in [1.54, 1.807) is 0 Å². The number of carbonyl (C=O) groups is 1. The van der Waals surface area contributed by atoms with E-state index < -0.39 is 0 Å². The van der Waals surface area contributed by atoms with Gasteiger partial charge >= 0.3 is 0 Å². The van der Waals surface area contributed by atoms with Gasteiger partial charge in [-0.3, -0.25) is 4.79 Å². The minimum absolute atomic E-state index is 0.733. The van der Waals surface area contributed by atoms with Crippen molar-refractivity contribution in [3.05, 3.63) is 28.2 Å². The number of hydrogen-bond acceptors (Lipinski definition) is 3. The molecule has 1 saturated heterocycles. The second-order valence-electron chi connectivity index (χ2n) is 4.12. The highest BCUT2D eigenvalue weighted by Crippen LogP contribution is 2.27. The van der Waals surface area contributed by atoms with Crippen LogP contribution in [0.25, 0.3) is 0 Å². The Morgan fingerprint density at radius 3 is 2.56 bits per heavy atom. The van der Waals surface area contributed by atoms with Gasteiger partial charge < -0.3 is 9.80 Å². The lowest BCUT2D eigenvalue weighted by Crippen LogP contribution is -2.44. The van der Waals surface area contributed by atoms with Gasteiger partial charge in [-0.15, -0.1) is 0 Å². The quantitative estimate of drug-likeness (QED) is 0.776. The van der Waals surface area contributed by atoms with Gasteiger partial charge in [0.15, 0.2) is 0 Å². The number of piperazine rings is 1. The van der Waals surface area contributed by atoms with Crippen molar-refractivity contribution >= 4 is 27.9 Å². The fourth-order valence-corrected chi connectivity index (χ4v) is 2.39. The zero-order chi connectivity index (χ0) is 11.5. The van der Waals surface area contributed by atoms with Gasteiger partial charge in [0.2, 0.25) is 0 Å². The Morgan fingerprint density at radius 1 is 1.25 bits per heavy atom. The smallest absolute Gasteiger partial charge is 0.150 e. The van der Waals surface area contributed by atoms with Crippen molar-refractivity contribution in [2.75, 3.05) is 38.1 Å². The molecule has 4 heteroatoms. The fourth-order valence-electron chi connectivity index (χ4n) is 1.89. The molecule has 16 heavy (non-hydrogen) atoms. The Bertz CT molecular complexity index is 387. The van der Waals surface area contributed by atoms with Crippen LogP contribution >= 0.6 is 15.9 Å². The molecule has 0 spiro atoms. The van der Waals surface area contributed by atoms with Crippen molar-refractivity contribution in [1.82, 2.24) is 4.90 Å². The summed E-state index contributed by atoms with van der Waals surface area (Å²) >= 11 is 3.54. The molecule has 86 valence electrons. The highest BCUT2D eigenvalue weighted by atomic mass is 79.9. The maximum Gasteiger partial charge on any atom is 0.150 e. The SMILES string of the molecule is CN1CCN(c2cc(C=O)ccc2Br)CC1. The van der Waals surface area contributed by atoms with E-state index in [0.717, 1.165) is 48.2 Å². The monoisotopic (exact) mass is 282 g/mol. The topological polar surface area (TPSA) is 23.6 Å². The third-order valence-electron chi connectivity index (χ3n) is 2.95. The molecule has 0 atom stereocenters. The van der Waals surface area contributed by atoms with Gasteiger partial charge in [0.05, 0.1) is 5.69 Å². The minimum Gasteiger partial charge on any atom is -0.368 e. The van der Waals surface area contributed by atoms with Crippen LogP contribution in [0.2, 0.25) is 0 Å². The summed E-state index contributed by atoms with van der Waals surface area (Å²) in [6.45, 7) is 4.16. The van der Waals surface area contributed by atoms with E-state index in [1.807, 2.05) is 18.2 Å². The number of aldehydes is 1. The zero-order valence-corrected chi connectivity index (χ0v) is 10.9. The molecular weight excluding hydrogens is 268 g/mol. The van der Waals surface area contributed by atoms with Crippen LogP contribution in [0.3, 0.4) is 0 Å². The van der Waals surface area contributed by atoms with Crippen molar-refractivity contribution in [2.45, 2.75) is 0 Å². The molecular formula is C12H15BrN2O. The molecule has 2 rings (SSSR count). The summed E-state index contributed by atoms with van der Waals surface area (Å²) in [4.78, 5) is 15.4. The molecule has 0 amide bonds. The van der Waals surface area contributed by atoms with Crippen molar-refractivity contribution in [2.24, 2.45) is 0 Å². The Kier molecular flexibility index (Phi) is 3.61. The van der Waals surface area contributed by atoms with Gasteiger partial charge in [-0.25, -0.2) is 0 Å². The Balaban J connectivity index is 2.22. The molecule has 0 N–H and O–H groups in total. The lowest BCUT2D eigenvalue weighted by Gasteiger charge is -2.34. The summed E-state index contributed by atoms with van der Waals surface area (Å²) in [6.07, 6.45) is 0.895. The molecule has 0 saturated carbocycles. The third kappa shape index (κ3) is 2.44. The second kappa shape index (κ2) is 4.97. The number of nitrogens with zero attached hydrogens (tertiary/aromatic N) is 2. The van der Waals surface area contributed by atoms with Gasteiger partial charge in [0.1, 0.15) is 6.29 Å². The third-order valence-corrected chi connectivity index (χ3v) is 3.62. The number of carbonyl (C=O) groups excluding carboxylic acids is 1. The molecule has 1 heterocycles. The molecule has 1 aromatic rings. The van der Waals surface area contributed by atoms with E-state index in [4.69, 9.17) is 0 Å². The van der Waals surface area contributed by atoms with Gasteiger partial charge in [-0.05, 0) is 35.1 Å². The van der Waals surface area contributed by atoms with Crippen LogP contribution in [-0.2, 0) is 0 Å². The Hall–Kier alpha value is -0.870. The Morgan fingerprint density at radius 2 is 1.94 bits per heavy atom. The molecule has 1 fully saturated rings.